The first-order valence-electron chi connectivity index (χ1n) is 7.14. The molecule has 20 heavy (non-hydrogen) atoms. The van der Waals surface area contributed by atoms with Crippen LogP contribution in [0.2, 0.25) is 0 Å². The van der Waals surface area contributed by atoms with Gasteiger partial charge in [-0.25, -0.2) is 8.78 Å². The first kappa shape index (κ1) is 13.4. The lowest BCUT2D eigenvalue weighted by Crippen LogP contribution is -2.39. The summed E-state index contributed by atoms with van der Waals surface area (Å²) in [6.45, 7) is 0.363. The Morgan fingerprint density at radius 1 is 1.25 bits per heavy atom. The van der Waals surface area contributed by atoms with E-state index in [1.165, 1.54) is 6.07 Å². The molecule has 0 saturated heterocycles. The Hall–Kier alpha value is -1.55. The van der Waals surface area contributed by atoms with Crippen molar-refractivity contribution in [3.05, 3.63) is 41.8 Å². The van der Waals surface area contributed by atoms with Crippen LogP contribution in [0.3, 0.4) is 0 Å². The van der Waals surface area contributed by atoms with Crippen molar-refractivity contribution in [1.82, 2.24) is 10.3 Å². The van der Waals surface area contributed by atoms with Gasteiger partial charge in [0.15, 0.2) is 0 Å². The molecule has 3 rings (SSSR count). The fraction of sp³-hybridized carbons (Fsp3) is 0.438. The maximum atomic E-state index is 14.0. The third kappa shape index (κ3) is 2.80. The third-order valence-electron chi connectivity index (χ3n) is 4.01. The number of nitrogens with one attached hydrogen (secondary N) is 1. The number of fused-ring (bicyclic) bond motifs is 1. The van der Waals surface area contributed by atoms with Crippen LogP contribution < -0.4 is 5.32 Å². The van der Waals surface area contributed by atoms with Gasteiger partial charge >= 0.3 is 0 Å². The van der Waals surface area contributed by atoms with Crippen molar-refractivity contribution in [2.24, 2.45) is 0 Å². The molecule has 0 radical (unpaired) electrons. The summed E-state index contributed by atoms with van der Waals surface area (Å²) < 4.78 is 27.7. The largest absolute Gasteiger partial charge is 0.307 e. The lowest BCUT2D eigenvalue weighted by atomic mass is 9.93. The van der Waals surface area contributed by atoms with Crippen molar-refractivity contribution in [2.75, 3.05) is 0 Å². The number of hydrogen-bond acceptors (Lipinski definition) is 2. The van der Waals surface area contributed by atoms with Gasteiger partial charge in [0.2, 0.25) is 0 Å². The molecule has 2 atom stereocenters. The van der Waals surface area contributed by atoms with E-state index < -0.39 is 6.17 Å². The summed E-state index contributed by atoms with van der Waals surface area (Å²) in [5, 5.41) is 4.07. The number of halogens is 2. The van der Waals surface area contributed by atoms with Crippen LogP contribution in [-0.2, 0) is 6.54 Å². The monoisotopic (exact) mass is 276 g/mol. The molecule has 2 nitrogen and oxygen atoms in total. The number of nitrogens with zero attached hydrogens (tertiary/aromatic N) is 1. The Labute approximate surface area is 117 Å². The average molecular weight is 276 g/mol. The second kappa shape index (κ2) is 5.83. The standard InChI is InChI=1S/C16H18F2N2/c17-13-5-1-2-6-15(13)20-10-12-8-11-4-3-7-19-16(11)9-14(12)18/h3-4,7-9,13,15,20H,1-2,5-6,10H2/t13-,15+/m0/s1. The number of alkyl halides is 1. The molecule has 2 aromatic rings. The minimum Gasteiger partial charge on any atom is -0.307 e. The van der Waals surface area contributed by atoms with Crippen LogP contribution in [0.5, 0.6) is 0 Å². The average Bonchev–Trinajstić information content (AvgIpc) is 2.46. The molecular weight excluding hydrogens is 258 g/mol. The second-order valence-electron chi connectivity index (χ2n) is 5.43. The zero-order chi connectivity index (χ0) is 13.9. The number of aromatic nitrogens is 1. The van der Waals surface area contributed by atoms with Crippen LogP contribution in [-0.4, -0.2) is 17.2 Å². The van der Waals surface area contributed by atoms with E-state index in [2.05, 4.69) is 10.3 Å². The number of rotatable bonds is 3. The predicted molar refractivity (Wildman–Crippen MR) is 75.7 cm³/mol. The smallest absolute Gasteiger partial charge is 0.129 e. The lowest BCUT2D eigenvalue weighted by molar-refractivity contribution is 0.188. The first-order chi connectivity index (χ1) is 9.74. The molecule has 1 aliphatic carbocycles. The summed E-state index contributed by atoms with van der Waals surface area (Å²) in [6.07, 6.45) is 4.28. The number of pyridine rings is 1. The SMILES string of the molecule is Fc1cc2ncccc2cc1CN[C@@H]1CCCC[C@@H]1F. The fourth-order valence-corrected chi connectivity index (χ4v) is 2.83. The molecule has 4 heteroatoms. The van der Waals surface area contributed by atoms with Crippen LogP contribution in [0.1, 0.15) is 31.2 Å². The van der Waals surface area contributed by atoms with E-state index in [-0.39, 0.29) is 11.9 Å². The van der Waals surface area contributed by atoms with E-state index in [1.54, 1.807) is 12.3 Å². The maximum absolute atomic E-state index is 14.0. The number of hydrogen-bond donors (Lipinski definition) is 1. The Kier molecular flexibility index (Phi) is 3.92. The van der Waals surface area contributed by atoms with Gasteiger partial charge in [-0.2, -0.15) is 0 Å². The highest BCUT2D eigenvalue weighted by Crippen LogP contribution is 2.22. The maximum Gasteiger partial charge on any atom is 0.129 e. The molecule has 0 spiro atoms. The minimum absolute atomic E-state index is 0.146. The molecule has 1 heterocycles. The van der Waals surface area contributed by atoms with E-state index in [0.717, 1.165) is 24.6 Å². The van der Waals surface area contributed by atoms with Crippen LogP contribution in [0.25, 0.3) is 10.9 Å². The zero-order valence-electron chi connectivity index (χ0n) is 11.3. The molecule has 1 aromatic heterocycles. The quantitative estimate of drug-likeness (QED) is 0.923. The van der Waals surface area contributed by atoms with Gasteiger partial charge in [-0.15, -0.1) is 0 Å². The Balaban J connectivity index is 1.75. The van der Waals surface area contributed by atoms with Gasteiger partial charge in [-0.05, 0) is 25.0 Å². The van der Waals surface area contributed by atoms with Gasteiger partial charge in [0.25, 0.3) is 0 Å². The van der Waals surface area contributed by atoms with Crippen molar-refractivity contribution in [2.45, 2.75) is 44.4 Å². The van der Waals surface area contributed by atoms with Gasteiger partial charge in [-0.1, -0.05) is 18.9 Å². The molecule has 0 unspecified atom stereocenters. The third-order valence-corrected chi connectivity index (χ3v) is 4.01. The van der Waals surface area contributed by atoms with Crippen molar-refractivity contribution in [3.63, 3.8) is 0 Å². The summed E-state index contributed by atoms with van der Waals surface area (Å²) in [4.78, 5) is 4.12. The summed E-state index contributed by atoms with van der Waals surface area (Å²) >= 11 is 0. The summed E-state index contributed by atoms with van der Waals surface area (Å²) in [5.74, 6) is -0.282. The van der Waals surface area contributed by atoms with Crippen LogP contribution in [0.15, 0.2) is 30.5 Å². The van der Waals surface area contributed by atoms with E-state index in [9.17, 15) is 8.78 Å². The number of benzene rings is 1. The second-order valence-corrected chi connectivity index (χ2v) is 5.43. The minimum atomic E-state index is -0.811. The lowest BCUT2D eigenvalue weighted by Gasteiger charge is -2.27. The summed E-state index contributed by atoms with van der Waals surface area (Å²) in [7, 11) is 0. The predicted octanol–water partition coefficient (Wildman–Crippen LogP) is 3.74. The van der Waals surface area contributed by atoms with E-state index >= 15 is 0 Å². The molecule has 0 amide bonds. The van der Waals surface area contributed by atoms with Crippen molar-refractivity contribution in [3.8, 4) is 0 Å². The highest BCUT2D eigenvalue weighted by atomic mass is 19.1. The molecular formula is C16H18F2N2. The van der Waals surface area contributed by atoms with Crippen LogP contribution >= 0.6 is 0 Å². The van der Waals surface area contributed by atoms with E-state index in [0.29, 0.717) is 24.0 Å². The van der Waals surface area contributed by atoms with Crippen LogP contribution in [0.4, 0.5) is 8.78 Å². The molecule has 1 fully saturated rings. The van der Waals surface area contributed by atoms with E-state index in [1.807, 2.05) is 12.1 Å². The van der Waals surface area contributed by atoms with Gasteiger partial charge in [0, 0.05) is 35.8 Å². The molecule has 1 saturated carbocycles. The summed E-state index contributed by atoms with van der Waals surface area (Å²) in [6, 6.07) is 6.83. The van der Waals surface area contributed by atoms with E-state index in [4.69, 9.17) is 0 Å². The summed E-state index contributed by atoms with van der Waals surface area (Å²) in [5.41, 5.74) is 1.22. The molecule has 106 valence electrons. The van der Waals surface area contributed by atoms with Crippen molar-refractivity contribution in [1.29, 1.82) is 0 Å². The topological polar surface area (TPSA) is 24.9 Å². The zero-order valence-corrected chi connectivity index (χ0v) is 11.3. The van der Waals surface area contributed by atoms with Gasteiger partial charge in [0.05, 0.1) is 5.52 Å². The Bertz CT molecular complexity index is 600. The van der Waals surface area contributed by atoms with Gasteiger partial charge in [-0.3, -0.25) is 4.98 Å². The first-order valence-corrected chi connectivity index (χ1v) is 7.14. The highest BCUT2D eigenvalue weighted by Gasteiger charge is 2.24. The molecule has 0 bridgehead atoms. The van der Waals surface area contributed by atoms with Crippen LogP contribution in [0, 0.1) is 5.82 Å². The molecule has 1 N–H and O–H groups in total. The van der Waals surface area contributed by atoms with Gasteiger partial charge < -0.3 is 5.32 Å². The molecule has 0 aliphatic heterocycles. The molecule has 1 aliphatic rings. The van der Waals surface area contributed by atoms with Crippen molar-refractivity contribution < 1.29 is 8.78 Å². The Morgan fingerprint density at radius 3 is 2.95 bits per heavy atom. The molecule has 1 aromatic carbocycles. The highest BCUT2D eigenvalue weighted by molar-refractivity contribution is 5.79. The van der Waals surface area contributed by atoms with Crippen molar-refractivity contribution >= 4 is 10.9 Å². The van der Waals surface area contributed by atoms with Gasteiger partial charge in [0.1, 0.15) is 12.0 Å². The Morgan fingerprint density at radius 2 is 2.10 bits per heavy atom. The normalized spacial score (nSPS) is 23.1. The fourth-order valence-electron chi connectivity index (χ4n) is 2.83.